The van der Waals surface area contributed by atoms with E-state index < -0.39 is 0 Å². The molecule has 4 heteroatoms. The van der Waals surface area contributed by atoms with E-state index in [0.29, 0.717) is 16.2 Å². The fourth-order valence-corrected chi connectivity index (χ4v) is 0. The molecule has 0 aliphatic rings. The third kappa shape index (κ3) is 14.0. The van der Waals surface area contributed by atoms with Gasteiger partial charge in [0.25, 0.3) is 0 Å². The van der Waals surface area contributed by atoms with Crippen molar-refractivity contribution in [1.82, 2.24) is 0 Å². The van der Waals surface area contributed by atoms with Crippen molar-refractivity contribution >= 4 is 16.2 Å². The summed E-state index contributed by atoms with van der Waals surface area (Å²) in [6.07, 6.45) is 0. The van der Waals surface area contributed by atoms with E-state index in [1.807, 2.05) is 0 Å². The molecule has 26 valence electrons. The van der Waals surface area contributed by atoms with Crippen molar-refractivity contribution < 1.29 is 26.3 Å². The van der Waals surface area contributed by atoms with Gasteiger partial charge in [-0.3, -0.25) is 0 Å². The molecule has 0 aromatic carbocycles. The van der Waals surface area contributed by atoms with Gasteiger partial charge in [0.15, 0.2) is 0 Å². The average molecular weight is 118 g/mol. The molecule has 0 radical (unpaired) electrons. The van der Waals surface area contributed by atoms with E-state index in [1.54, 1.807) is 0 Å². The second kappa shape index (κ2) is 45.7. The first-order valence-electron chi connectivity index (χ1n) is 0.289. The van der Waals surface area contributed by atoms with Gasteiger partial charge in [-0.05, 0) is 0 Å². The van der Waals surface area contributed by atoms with Crippen LogP contribution in [0.3, 0.4) is 0 Å². The van der Waals surface area contributed by atoms with Crippen LogP contribution in [-0.2, 0) is 20.9 Å². The molecular weight excluding hydrogens is 115 g/mol. The van der Waals surface area contributed by atoms with Crippen LogP contribution < -0.4 is 0 Å². The minimum atomic E-state index is 0. The molecule has 0 aromatic rings. The molecule has 0 amide bonds. The summed E-state index contributed by atoms with van der Waals surface area (Å²) in [5.74, 6) is 0. The summed E-state index contributed by atoms with van der Waals surface area (Å²) in [6.45, 7) is 0. The molecule has 2 N–H and O–H groups in total. The van der Waals surface area contributed by atoms with Crippen LogP contribution in [0.2, 0.25) is 0 Å². The van der Waals surface area contributed by atoms with Crippen LogP contribution in [0.25, 0.3) is 0 Å². The zero-order valence-electron chi connectivity index (χ0n) is 1.97. The molecule has 0 atom stereocenters. The van der Waals surface area contributed by atoms with Gasteiger partial charge in [0, 0.05) is 17.1 Å². The number of hydrogen-bond acceptors (Lipinski definition) is 1. The first-order valence-corrected chi connectivity index (χ1v) is 0.866. The molecule has 0 saturated heterocycles. The molecule has 0 fully saturated rings. The second-order valence-corrected chi connectivity index (χ2v) is 0. The van der Waals surface area contributed by atoms with Crippen LogP contribution in [0.1, 0.15) is 0 Å². The molecule has 0 aromatic heterocycles. The maximum absolute atomic E-state index is 8.28. The molecule has 0 unspecified atom stereocenters. The Morgan fingerprint density at radius 2 is 1.25 bits per heavy atom. The van der Waals surface area contributed by atoms with Crippen LogP contribution in [-0.4, -0.2) is 21.7 Å². The van der Waals surface area contributed by atoms with Crippen molar-refractivity contribution in [2.75, 3.05) is 0 Å². The van der Waals surface area contributed by atoms with Crippen LogP contribution >= 0.6 is 0 Å². The molecular formula is H3AlFeO2. The summed E-state index contributed by atoms with van der Waals surface area (Å²) < 4.78 is 8.28. The molecule has 0 bridgehead atoms. The van der Waals surface area contributed by atoms with Gasteiger partial charge in [0.2, 0.25) is 0 Å². The number of hydrogen-bond donors (Lipinski definition) is 0. The third-order valence-corrected chi connectivity index (χ3v) is 0. The average Bonchev–Trinajstić information content (AvgIpc) is 1.00. The standard InChI is InChI=1S/Al.Fe.H2O.O.H/h;;1H2;;. The van der Waals surface area contributed by atoms with Gasteiger partial charge in [0.1, 0.15) is 0 Å². The Morgan fingerprint density at radius 1 is 1.25 bits per heavy atom. The van der Waals surface area contributed by atoms with E-state index in [-0.39, 0.29) is 22.5 Å². The Balaban J connectivity index is -0.00000000500. The van der Waals surface area contributed by atoms with Crippen molar-refractivity contribution in [3.8, 4) is 0 Å². The van der Waals surface area contributed by atoms with Gasteiger partial charge in [-0.15, -0.1) is 0 Å². The van der Waals surface area contributed by atoms with E-state index in [2.05, 4.69) is 0 Å². The molecule has 0 aliphatic heterocycles. The van der Waals surface area contributed by atoms with Gasteiger partial charge in [-0.1, -0.05) is 0 Å². The topological polar surface area (TPSA) is 48.6 Å². The molecule has 4 heavy (non-hydrogen) atoms. The van der Waals surface area contributed by atoms with Gasteiger partial charge >= 0.3 is 20.0 Å². The first kappa shape index (κ1) is 21.3. The predicted octanol–water partition coefficient (Wildman–Crippen LogP) is -1.59. The fraction of sp³-hybridized carbons (Fsp3) is 0. The third-order valence-electron chi connectivity index (χ3n) is 0. The zero-order chi connectivity index (χ0) is 2.00. The van der Waals surface area contributed by atoms with Gasteiger partial charge in [0.05, 0.1) is 0 Å². The van der Waals surface area contributed by atoms with E-state index in [0.717, 1.165) is 0 Å². The van der Waals surface area contributed by atoms with Gasteiger partial charge in [-0.2, -0.15) is 0 Å². The number of rotatable bonds is 0. The van der Waals surface area contributed by atoms with Crippen molar-refractivity contribution in [3.63, 3.8) is 0 Å². The summed E-state index contributed by atoms with van der Waals surface area (Å²) in [4.78, 5) is 0. The summed E-state index contributed by atoms with van der Waals surface area (Å²) >= 11 is 0.611. The second-order valence-electron chi connectivity index (χ2n) is 0. The normalized spacial score (nSPS) is 0.750. The van der Waals surface area contributed by atoms with Crippen molar-refractivity contribution in [2.24, 2.45) is 0 Å². The quantitative estimate of drug-likeness (QED) is 0.353. The van der Waals surface area contributed by atoms with E-state index >= 15 is 0 Å². The summed E-state index contributed by atoms with van der Waals surface area (Å²) in [6, 6.07) is 0. The van der Waals surface area contributed by atoms with E-state index in [4.69, 9.17) is 3.80 Å². The molecule has 0 saturated carbocycles. The summed E-state index contributed by atoms with van der Waals surface area (Å²) in [7, 11) is 0. The fourth-order valence-electron chi connectivity index (χ4n) is 0. The van der Waals surface area contributed by atoms with Crippen molar-refractivity contribution in [1.29, 1.82) is 0 Å². The summed E-state index contributed by atoms with van der Waals surface area (Å²) in [5.41, 5.74) is 0. The van der Waals surface area contributed by atoms with E-state index in [1.165, 1.54) is 0 Å². The Morgan fingerprint density at radius 3 is 1.25 bits per heavy atom. The molecule has 0 aliphatic carbocycles. The molecule has 0 spiro atoms. The van der Waals surface area contributed by atoms with Crippen molar-refractivity contribution in [3.05, 3.63) is 0 Å². The van der Waals surface area contributed by atoms with Gasteiger partial charge in [-0.25, -0.2) is 0 Å². The van der Waals surface area contributed by atoms with Crippen LogP contribution in [0.4, 0.5) is 0 Å². The molecule has 0 heterocycles. The van der Waals surface area contributed by atoms with Crippen LogP contribution in [0, 0.1) is 0 Å². The first-order chi connectivity index (χ1) is 1.00. The molecule has 0 rings (SSSR count). The monoisotopic (exact) mass is 118 g/mol. The van der Waals surface area contributed by atoms with E-state index in [9.17, 15) is 0 Å². The van der Waals surface area contributed by atoms with Crippen molar-refractivity contribution in [2.45, 2.75) is 0 Å². The Kier molecular flexibility index (Phi) is 243. The maximum atomic E-state index is 8.28. The van der Waals surface area contributed by atoms with Crippen LogP contribution in [0.5, 0.6) is 0 Å². The van der Waals surface area contributed by atoms with Gasteiger partial charge < -0.3 is 5.48 Å². The summed E-state index contributed by atoms with van der Waals surface area (Å²) in [5, 5.41) is 0. The predicted molar refractivity (Wildman–Crippen MR) is 11.4 cm³/mol. The van der Waals surface area contributed by atoms with Crippen LogP contribution in [0.15, 0.2) is 0 Å². The minimum absolute atomic E-state index is 0. The zero-order valence-corrected chi connectivity index (χ0v) is 4.49. The SMILES string of the molecule is O.[Fe].[O]=[AlH]. The molecule has 2 nitrogen and oxygen atoms in total. The Hall–Kier alpha value is 0.812. The Labute approximate surface area is 43.0 Å². The Bertz CT molecular complexity index is 6.00.